The molecular formula is C19H17F3N2O6S. The number of hydrogen-bond acceptors (Lipinski definition) is 7. The third-order valence-electron chi connectivity index (χ3n) is 4.09. The van der Waals surface area contributed by atoms with Crippen molar-refractivity contribution >= 4 is 21.8 Å². The number of halogens is 3. The Morgan fingerprint density at radius 2 is 1.74 bits per heavy atom. The fourth-order valence-electron chi connectivity index (χ4n) is 2.50. The largest absolute Gasteiger partial charge is 0.534 e. The number of nitrogens with one attached hydrogen (secondary N) is 1. The molecule has 0 saturated heterocycles. The maximum Gasteiger partial charge on any atom is 0.534 e. The monoisotopic (exact) mass is 458 g/mol. The van der Waals surface area contributed by atoms with Crippen molar-refractivity contribution in [2.75, 3.05) is 11.9 Å². The second kappa shape index (κ2) is 8.73. The number of rotatable bonds is 8. The molecule has 0 saturated carbocycles. The van der Waals surface area contributed by atoms with Crippen LogP contribution in [-0.4, -0.2) is 31.6 Å². The lowest BCUT2D eigenvalue weighted by molar-refractivity contribution is -0.142. The summed E-state index contributed by atoms with van der Waals surface area (Å²) in [6, 6.07) is 10.7. The minimum absolute atomic E-state index is 0.0712. The maximum absolute atomic E-state index is 12.7. The van der Waals surface area contributed by atoms with E-state index in [1.54, 1.807) is 6.92 Å². The van der Waals surface area contributed by atoms with Crippen molar-refractivity contribution in [3.05, 3.63) is 53.6 Å². The van der Waals surface area contributed by atoms with Crippen molar-refractivity contribution in [3.63, 3.8) is 0 Å². The van der Waals surface area contributed by atoms with Gasteiger partial charge in [0.25, 0.3) is 0 Å². The van der Waals surface area contributed by atoms with E-state index in [1.165, 1.54) is 37.3 Å². The first-order chi connectivity index (χ1) is 14.3. The summed E-state index contributed by atoms with van der Waals surface area (Å²) in [6.07, 6.45) is 0. The zero-order valence-corrected chi connectivity index (χ0v) is 17.0. The number of carboxylic acid groups (broad SMARTS) is 1. The summed E-state index contributed by atoms with van der Waals surface area (Å²) in [5.41, 5.74) is -7.12. The number of nitrogens with zero attached hydrogens (tertiary/aromatic N) is 1. The van der Waals surface area contributed by atoms with Crippen LogP contribution in [0.25, 0.3) is 0 Å². The molecular weight excluding hydrogens is 441 g/mol. The normalized spacial score (nSPS) is 13.5. The van der Waals surface area contributed by atoms with E-state index in [4.69, 9.17) is 10.00 Å². The smallest absolute Gasteiger partial charge is 0.494 e. The van der Waals surface area contributed by atoms with Gasteiger partial charge >= 0.3 is 21.6 Å². The van der Waals surface area contributed by atoms with Gasteiger partial charge in [-0.2, -0.15) is 26.9 Å². The van der Waals surface area contributed by atoms with E-state index in [-0.39, 0.29) is 23.6 Å². The Balaban J connectivity index is 2.56. The van der Waals surface area contributed by atoms with E-state index < -0.39 is 32.9 Å². The highest BCUT2D eigenvalue weighted by Gasteiger charge is 2.49. The van der Waals surface area contributed by atoms with Crippen molar-refractivity contribution in [1.29, 1.82) is 5.26 Å². The highest BCUT2D eigenvalue weighted by molar-refractivity contribution is 7.88. The van der Waals surface area contributed by atoms with Gasteiger partial charge in [-0.05, 0) is 55.8 Å². The summed E-state index contributed by atoms with van der Waals surface area (Å²) in [7, 11) is -5.99. The van der Waals surface area contributed by atoms with Gasteiger partial charge in [0.2, 0.25) is 0 Å². The number of nitriles is 1. The van der Waals surface area contributed by atoms with Gasteiger partial charge in [0.1, 0.15) is 11.5 Å². The van der Waals surface area contributed by atoms with Crippen molar-refractivity contribution in [1.82, 2.24) is 0 Å². The lowest BCUT2D eigenvalue weighted by Gasteiger charge is -2.29. The van der Waals surface area contributed by atoms with Crippen LogP contribution in [0.4, 0.5) is 18.9 Å². The number of alkyl halides is 3. The zero-order valence-electron chi connectivity index (χ0n) is 16.2. The fraction of sp³-hybridized carbons (Fsp3) is 0.263. The summed E-state index contributed by atoms with van der Waals surface area (Å²) in [5.74, 6) is -2.29. The van der Waals surface area contributed by atoms with Gasteiger partial charge < -0.3 is 19.3 Å². The van der Waals surface area contributed by atoms with Crippen LogP contribution in [0.2, 0.25) is 0 Å². The summed E-state index contributed by atoms with van der Waals surface area (Å²) in [6.45, 7) is 2.87. The van der Waals surface area contributed by atoms with Crippen molar-refractivity contribution in [3.8, 4) is 17.6 Å². The Morgan fingerprint density at radius 3 is 2.23 bits per heavy atom. The molecule has 8 nitrogen and oxygen atoms in total. The molecule has 0 aromatic heterocycles. The Morgan fingerprint density at radius 1 is 1.16 bits per heavy atom. The Kier molecular flexibility index (Phi) is 6.70. The standard InChI is InChI=1S/C19H17F3N2O6S/c1-3-29-15-8-13(9-16(10-15)30-31(27,28)19(20,21)22)18(2,17(25)26)24-14-6-4-12(11-23)5-7-14/h4-10,24H,3H2,1-2H3,(H,25,26). The van der Waals surface area contributed by atoms with Gasteiger partial charge in [-0.25, -0.2) is 4.79 Å². The first-order valence-corrected chi connectivity index (χ1v) is 10.0. The average molecular weight is 458 g/mol. The van der Waals surface area contributed by atoms with Gasteiger partial charge in [-0.15, -0.1) is 0 Å². The minimum atomic E-state index is -5.99. The molecule has 0 heterocycles. The summed E-state index contributed by atoms with van der Waals surface area (Å²) < 4.78 is 70.3. The van der Waals surface area contributed by atoms with Crippen LogP contribution >= 0.6 is 0 Å². The minimum Gasteiger partial charge on any atom is -0.494 e. The number of carbonyl (C=O) groups is 1. The second-order valence-electron chi connectivity index (χ2n) is 6.35. The van der Waals surface area contributed by atoms with Gasteiger partial charge in [-0.3, -0.25) is 0 Å². The van der Waals surface area contributed by atoms with Crippen LogP contribution in [0, 0.1) is 11.3 Å². The number of ether oxygens (including phenoxy) is 1. The highest BCUT2D eigenvalue weighted by atomic mass is 32.2. The van der Waals surface area contributed by atoms with Crippen LogP contribution in [-0.2, 0) is 20.5 Å². The number of aliphatic carboxylic acids is 1. The molecule has 166 valence electrons. The van der Waals surface area contributed by atoms with Crippen molar-refractivity contribution < 1.29 is 40.4 Å². The molecule has 1 atom stereocenters. The Bertz CT molecular complexity index is 1110. The Labute approximate surface area is 175 Å². The molecule has 0 bridgehead atoms. The molecule has 2 aromatic carbocycles. The van der Waals surface area contributed by atoms with E-state index in [1.807, 2.05) is 6.07 Å². The lowest BCUT2D eigenvalue weighted by Crippen LogP contribution is -2.40. The average Bonchev–Trinajstić information content (AvgIpc) is 2.67. The molecule has 0 aliphatic rings. The highest BCUT2D eigenvalue weighted by Crippen LogP contribution is 2.35. The van der Waals surface area contributed by atoms with E-state index >= 15 is 0 Å². The van der Waals surface area contributed by atoms with Crippen LogP contribution in [0.1, 0.15) is 25.0 Å². The van der Waals surface area contributed by atoms with Gasteiger partial charge in [0.15, 0.2) is 5.54 Å². The Hall–Kier alpha value is -3.46. The molecule has 1 unspecified atom stereocenters. The number of carboxylic acids is 1. The predicted octanol–water partition coefficient (Wildman–Crippen LogP) is 3.60. The van der Waals surface area contributed by atoms with Gasteiger partial charge in [0.05, 0.1) is 18.2 Å². The summed E-state index contributed by atoms with van der Waals surface area (Å²) in [5, 5.41) is 21.4. The predicted molar refractivity (Wildman–Crippen MR) is 103 cm³/mol. The molecule has 2 aromatic rings. The third kappa shape index (κ3) is 5.37. The van der Waals surface area contributed by atoms with Crippen LogP contribution in [0.3, 0.4) is 0 Å². The molecule has 0 aliphatic heterocycles. The maximum atomic E-state index is 12.7. The van der Waals surface area contributed by atoms with E-state index in [0.717, 1.165) is 12.1 Å². The van der Waals surface area contributed by atoms with E-state index in [2.05, 4.69) is 9.50 Å². The summed E-state index contributed by atoms with van der Waals surface area (Å²) in [4.78, 5) is 12.1. The molecule has 12 heteroatoms. The molecule has 2 N–H and O–H groups in total. The molecule has 0 amide bonds. The quantitative estimate of drug-likeness (QED) is 0.454. The molecule has 0 fully saturated rings. The molecule has 0 spiro atoms. The number of hydrogen-bond donors (Lipinski definition) is 2. The van der Waals surface area contributed by atoms with E-state index in [0.29, 0.717) is 5.56 Å². The molecule has 2 rings (SSSR count). The van der Waals surface area contributed by atoms with E-state index in [9.17, 15) is 31.5 Å². The van der Waals surface area contributed by atoms with Crippen molar-refractivity contribution in [2.24, 2.45) is 0 Å². The van der Waals surface area contributed by atoms with Crippen LogP contribution in [0.15, 0.2) is 42.5 Å². The lowest BCUT2D eigenvalue weighted by atomic mass is 9.91. The molecule has 0 radical (unpaired) electrons. The van der Waals surface area contributed by atoms with Gasteiger partial charge in [0, 0.05) is 11.8 Å². The number of benzene rings is 2. The second-order valence-corrected chi connectivity index (χ2v) is 7.89. The topological polar surface area (TPSA) is 126 Å². The molecule has 31 heavy (non-hydrogen) atoms. The fourth-order valence-corrected chi connectivity index (χ4v) is 2.94. The first kappa shape index (κ1) is 23.8. The first-order valence-electron chi connectivity index (χ1n) is 8.63. The van der Waals surface area contributed by atoms with Crippen LogP contribution < -0.4 is 14.2 Å². The van der Waals surface area contributed by atoms with Crippen molar-refractivity contribution in [2.45, 2.75) is 24.9 Å². The third-order valence-corrected chi connectivity index (χ3v) is 5.07. The van der Waals surface area contributed by atoms with Crippen LogP contribution in [0.5, 0.6) is 11.5 Å². The van der Waals surface area contributed by atoms with Gasteiger partial charge in [-0.1, -0.05) is 0 Å². The molecule has 0 aliphatic carbocycles. The number of anilines is 1. The zero-order chi connectivity index (χ0) is 23.4. The SMILES string of the molecule is CCOc1cc(OS(=O)(=O)C(F)(F)F)cc(C(C)(Nc2ccc(C#N)cc2)C(=O)O)c1. The summed E-state index contributed by atoms with van der Waals surface area (Å²) >= 11 is 0.